The van der Waals surface area contributed by atoms with E-state index in [9.17, 15) is 0 Å². The Morgan fingerprint density at radius 2 is 2.58 bits per heavy atom. The van der Waals surface area contributed by atoms with Crippen LogP contribution >= 0.6 is 27.3 Å². The lowest BCUT2D eigenvalue weighted by Gasteiger charge is -2.11. The molecule has 2 atom stereocenters. The molecule has 0 saturated heterocycles. The minimum atomic E-state index is 0.553. The molecule has 0 N–H and O–H groups in total. The first-order valence-electron chi connectivity index (χ1n) is 4.43. The summed E-state index contributed by atoms with van der Waals surface area (Å²) in [6.45, 7) is 2.31. The third-order valence-corrected chi connectivity index (χ3v) is 4.93. The molecule has 1 aromatic rings. The van der Waals surface area contributed by atoms with E-state index in [1.807, 2.05) is 11.3 Å². The Labute approximate surface area is 86.1 Å². The van der Waals surface area contributed by atoms with E-state index in [4.69, 9.17) is 0 Å². The van der Waals surface area contributed by atoms with Crippen molar-refractivity contribution in [3.05, 3.63) is 22.4 Å². The zero-order valence-electron chi connectivity index (χ0n) is 7.22. The quantitative estimate of drug-likeness (QED) is 0.710. The molecule has 2 heteroatoms. The molecule has 1 aliphatic rings. The van der Waals surface area contributed by atoms with Gasteiger partial charge < -0.3 is 0 Å². The fraction of sp³-hybridized carbons (Fsp3) is 0.600. The van der Waals surface area contributed by atoms with Crippen LogP contribution in [0.1, 0.15) is 24.6 Å². The highest BCUT2D eigenvalue weighted by Gasteiger charge is 2.53. The lowest BCUT2D eigenvalue weighted by Crippen LogP contribution is -2.06. The summed E-state index contributed by atoms with van der Waals surface area (Å²) in [5.74, 6) is 0.890. The molecule has 1 aliphatic carbocycles. The maximum atomic E-state index is 3.58. The van der Waals surface area contributed by atoms with Crippen LogP contribution in [-0.4, -0.2) is 5.33 Å². The smallest absolute Gasteiger partial charge is 0.0110 e. The van der Waals surface area contributed by atoms with Crippen molar-refractivity contribution in [1.29, 1.82) is 0 Å². The molecule has 2 rings (SSSR count). The highest BCUT2D eigenvalue weighted by atomic mass is 79.9. The number of hydrogen-bond donors (Lipinski definition) is 0. The summed E-state index contributed by atoms with van der Waals surface area (Å²) in [5, 5.41) is 3.36. The maximum absolute atomic E-state index is 3.58. The van der Waals surface area contributed by atoms with E-state index in [-0.39, 0.29) is 0 Å². The Morgan fingerprint density at radius 3 is 3.00 bits per heavy atom. The van der Waals surface area contributed by atoms with Gasteiger partial charge in [0.1, 0.15) is 0 Å². The molecule has 0 nitrogen and oxygen atoms in total. The Bertz CT molecular complexity index is 255. The Morgan fingerprint density at radius 1 is 1.75 bits per heavy atom. The molecule has 0 amide bonds. The van der Waals surface area contributed by atoms with Crippen LogP contribution in [0, 0.1) is 5.92 Å². The topological polar surface area (TPSA) is 0 Å². The number of halogens is 1. The van der Waals surface area contributed by atoms with Gasteiger partial charge in [-0.25, -0.2) is 0 Å². The molecule has 1 saturated carbocycles. The zero-order chi connectivity index (χ0) is 8.60. The van der Waals surface area contributed by atoms with Crippen LogP contribution < -0.4 is 0 Å². The van der Waals surface area contributed by atoms with Crippen LogP contribution in [0.15, 0.2) is 17.5 Å². The third kappa shape index (κ3) is 1.16. The molecular formula is C10H13BrS. The van der Waals surface area contributed by atoms with E-state index >= 15 is 0 Å². The molecule has 0 radical (unpaired) electrons. The van der Waals surface area contributed by atoms with E-state index in [2.05, 4.69) is 40.4 Å². The van der Waals surface area contributed by atoms with Gasteiger partial charge in [0.25, 0.3) is 0 Å². The molecule has 0 spiro atoms. The zero-order valence-corrected chi connectivity index (χ0v) is 9.62. The lowest BCUT2D eigenvalue weighted by atomic mass is 9.99. The third-order valence-electron chi connectivity index (χ3n) is 3.06. The minimum Gasteiger partial charge on any atom is -0.148 e. The van der Waals surface area contributed by atoms with Crippen molar-refractivity contribution in [2.45, 2.75) is 25.2 Å². The van der Waals surface area contributed by atoms with Gasteiger partial charge in [0.2, 0.25) is 0 Å². The van der Waals surface area contributed by atoms with Crippen LogP contribution in [0.4, 0.5) is 0 Å². The van der Waals surface area contributed by atoms with E-state index < -0.39 is 0 Å². The van der Waals surface area contributed by atoms with Crippen molar-refractivity contribution in [3.63, 3.8) is 0 Å². The van der Waals surface area contributed by atoms with Gasteiger partial charge in [-0.3, -0.25) is 0 Å². The van der Waals surface area contributed by atoms with Gasteiger partial charge in [-0.1, -0.05) is 28.9 Å². The summed E-state index contributed by atoms with van der Waals surface area (Å²) in [7, 11) is 0. The predicted octanol–water partition coefficient (Wildman–Crippen LogP) is 3.81. The van der Waals surface area contributed by atoms with Crippen molar-refractivity contribution in [2.24, 2.45) is 5.92 Å². The second kappa shape index (κ2) is 3.15. The second-order valence-corrected chi connectivity index (χ2v) is 5.14. The first-order chi connectivity index (χ1) is 5.83. The summed E-state index contributed by atoms with van der Waals surface area (Å²) < 4.78 is 0. The molecule has 1 heterocycles. The summed E-state index contributed by atoms with van der Waals surface area (Å²) in [6.07, 6.45) is 2.68. The standard InChI is InChI=1S/C10H13BrS/c1-2-10(6-8(10)7-11)9-4-3-5-12-9/h3-5,8H,2,6-7H2,1H3. The van der Waals surface area contributed by atoms with Gasteiger partial charge >= 0.3 is 0 Å². The normalized spacial score (nSPS) is 33.7. The minimum absolute atomic E-state index is 0.553. The molecule has 0 aliphatic heterocycles. The Balaban J connectivity index is 2.22. The van der Waals surface area contributed by atoms with E-state index in [1.54, 1.807) is 4.88 Å². The lowest BCUT2D eigenvalue weighted by molar-refractivity contribution is 0.624. The van der Waals surface area contributed by atoms with Crippen LogP contribution in [0.3, 0.4) is 0 Å². The van der Waals surface area contributed by atoms with Crippen molar-refractivity contribution >= 4 is 27.3 Å². The van der Waals surface area contributed by atoms with Gasteiger partial charge in [-0.15, -0.1) is 11.3 Å². The van der Waals surface area contributed by atoms with Crippen molar-refractivity contribution in [3.8, 4) is 0 Å². The van der Waals surface area contributed by atoms with E-state index in [1.165, 1.54) is 18.2 Å². The monoisotopic (exact) mass is 244 g/mol. The first kappa shape index (κ1) is 8.76. The number of hydrogen-bond acceptors (Lipinski definition) is 1. The predicted molar refractivity (Wildman–Crippen MR) is 58.2 cm³/mol. The SMILES string of the molecule is CCC1(c2cccs2)CC1CBr. The fourth-order valence-electron chi connectivity index (χ4n) is 2.05. The number of rotatable bonds is 3. The van der Waals surface area contributed by atoms with E-state index in [0.29, 0.717) is 5.41 Å². The Kier molecular flexibility index (Phi) is 2.30. The van der Waals surface area contributed by atoms with Gasteiger partial charge in [0.05, 0.1) is 0 Å². The molecule has 12 heavy (non-hydrogen) atoms. The number of alkyl halides is 1. The summed E-state index contributed by atoms with van der Waals surface area (Å²) in [6, 6.07) is 4.46. The highest BCUT2D eigenvalue weighted by Crippen LogP contribution is 2.58. The van der Waals surface area contributed by atoms with Gasteiger partial charge in [-0.05, 0) is 30.2 Å². The second-order valence-electron chi connectivity index (χ2n) is 3.54. The van der Waals surface area contributed by atoms with Crippen LogP contribution in [-0.2, 0) is 5.41 Å². The molecule has 1 fully saturated rings. The first-order valence-corrected chi connectivity index (χ1v) is 6.43. The van der Waals surface area contributed by atoms with Crippen molar-refractivity contribution in [1.82, 2.24) is 0 Å². The average molecular weight is 245 g/mol. The maximum Gasteiger partial charge on any atom is 0.0110 e. The van der Waals surface area contributed by atoms with Crippen molar-refractivity contribution < 1.29 is 0 Å². The van der Waals surface area contributed by atoms with Crippen molar-refractivity contribution in [2.75, 3.05) is 5.33 Å². The molecule has 0 bridgehead atoms. The molecule has 1 aromatic heterocycles. The highest BCUT2D eigenvalue weighted by molar-refractivity contribution is 9.09. The number of thiophene rings is 1. The fourth-order valence-corrected chi connectivity index (χ4v) is 3.99. The summed E-state index contributed by atoms with van der Waals surface area (Å²) in [4.78, 5) is 1.59. The van der Waals surface area contributed by atoms with Gasteiger partial charge in [0, 0.05) is 15.6 Å². The average Bonchev–Trinajstić information content (AvgIpc) is 2.57. The molecule has 0 aromatic carbocycles. The Hall–Kier alpha value is 0.180. The van der Waals surface area contributed by atoms with Gasteiger partial charge in [0.15, 0.2) is 0 Å². The van der Waals surface area contributed by atoms with Crippen LogP contribution in [0.5, 0.6) is 0 Å². The largest absolute Gasteiger partial charge is 0.148 e. The summed E-state index contributed by atoms with van der Waals surface area (Å²) >= 11 is 5.50. The van der Waals surface area contributed by atoms with Crippen LogP contribution in [0.25, 0.3) is 0 Å². The molecule has 66 valence electrons. The van der Waals surface area contributed by atoms with E-state index in [0.717, 1.165) is 5.92 Å². The summed E-state index contributed by atoms with van der Waals surface area (Å²) in [5.41, 5.74) is 0.553. The van der Waals surface area contributed by atoms with Crippen LogP contribution in [0.2, 0.25) is 0 Å². The molecule has 2 unspecified atom stereocenters. The molecular weight excluding hydrogens is 232 g/mol. The van der Waals surface area contributed by atoms with Gasteiger partial charge in [-0.2, -0.15) is 0 Å².